The van der Waals surface area contributed by atoms with Crippen LogP contribution in [0.25, 0.3) is 0 Å². The van der Waals surface area contributed by atoms with E-state index in [4.69, 9.17) is 6.42 Å². The van der Waals surface area contributed by atoms with E-state index in [1.54, 1.807) is 18.2 Å². The molecule has 4 heteroatoms. The Bertz CT molecular complexity index is 437. The number of rotatable bonds is 5. The van der Waals surface area contributed by atoms with E-state index < -0.39 is 0 Å². The van der Waals surface area contributed by atoms with Gasteiger partial charge in [0.2, 0.25) is 0 Å². The second-order valence-electron chi connectivity index (χ2n) is 3.83. The zero-order valence-corrected chi connectivity index (χ0v) is 10.0. The molecule has 1 aromatic rings. The summed E-state index contributed by atoms with van der Waals surface area (Å²) >= 11 is 0. The van der Waals surface area contributed by atoms with E-state index in [0.29, 0.717) is 5.56 Å². The second-order valence-corrected chi connectivity index (χ2v) is 3.83. The van der Waals surface area contributed by atoms with Crippen LogP contribution in [-0.2, 0) is 0 Å². The molecule has 17 heavy (non-hydrogen) atoms. The van der Waals surface area contributed by atoms with Crippen molar-refractivity contribution in [1.29, 1.82) is 0 Å². The number of hydrogen-bond acceptors (Lipinski definition) is 3. The predicted molar refractivity (Wildman–Crippen MR) is 67.6 cm³/mol. The largest absolute Gasteiger partial charge is 0.297 e. The van der Waals surface area contributed by atoms with E-state index in [1.165, 1.54) is 6.07 Å². The fraction of sp³-hybridized carbons (Fsp3) is 0.385. The summed E-state index contributed by atoms with van der Waals surface area (Å²) in [6, 6.07) is 6.50. The van der Waals surface area contributed by atoms with Gasteiger partial charge in [-0.3, -0.25) is 15.4 Å². The minimum absolute atomic E-state index is 0.0650. The summed E-state index contributed by atoms with van der Waals surface area (Å²) in [6.07, 6.45) is 6.15. The molecule has 2 atom stereocenters. The summed E-state index contributed by atoms with van der Waals surface area (Å²) in [6.45, 7) is 3.85. The average Bonchev–Trinajstić information content (AvgIpc) is 2.35. The molecule has 0 fully saturated rings. The van der Waals surface area contributed by atoms with Crippen LogP contribution in [0.15, 0.2) is 24.3 Å². The quantitative estimate of drug-likeness (QED) is 0.482. The Labute approximate surface area is 101 Å². The average molecular weight is 232 g/mol. The van der Waals surface area contributed by atoms with E-state index in [9.17, 15) is 10.1 Å². The Morgan fingerprint density at radius 3 is 2.71 bits per heavy atom. The zero-order valence-electron chi connectivity index (χ0n) is 10.0. The number of nitro groups is 1. The van der Waals surface area contributed by atoms with Gasteiger partial charge in [0.1, 0.15) is 0 Å². The monoisotopic (exact) mass is 232 g/mol. The first-order valence-electron chi connectivity index (χ1n) is 5.55. The van der Waals surface area contributed by atoms with Gasteiger partial charge in [-0.1, -0.05) is 31.0 Å². The summed E-state index contributed by atoms with van der Waals surface area (Å²) in [4.78, 5) is 10.5. The van der Waals surface area contributed by atoms with Crippen LogP contribution in [0.1, 0.15) is 31.9 Å². The van der Waals surface area contributed by atoms with Crippen LogP contribution in [0, 0.1) is 22.5 Å². The molecule has 0 bridgehead atoms. The van der Waals surface area contributed by atoms with Crippen molar-refractivity contribution in [3.63, 3.8) is 0 Å². The van der Waals surface area contributed by atoms with Crippen molar-refractivity contribution in [3.8, 4) is 12.3 Å². The third kappa shape index (κ3) is 3.30. The van der Waals surface area contributed by atoms with Crippen LogP contribution in [0.5, 0.6) is 0 Å². The SMILES string of the molecule is C#CC(CC)NC(C)c1ccccc1[N+](=O)[O-]. The Hall–Kier alpha value is -1.86. The maximum atomic E-state index is 10.9. The summed E-state index contributed by atoms with van der Waals surface area (Å²) in [7, 11) is 0. The van der Waals surface area contributed by atoms with E-state index in [0.717, 1.165) is 6.42 Å². The fourth-order valence-corrected chi connectivity index (χ4v) is 1.70. The van der Waals surface area contributed by atoms with Crippen molar-refractivity contribution < 1.29 is 4.92 Å². The smallest absolute Gasteiger partial charge is 0.274 e. The molecule has 0 amide bonds. The molecule has 0 saturated heterocycles. The molecule has 1 aromatic carbocycles. The van der Waals surface area contributed by atoms with Crippen LogP contribution < -0.4 is 5.32 Å². The first-order chi connectivity index (χ1) is 8.10. The summed E-state index contributed by atoms with van der Waals surface area (Å²) < 4.78 is 0. The first kappa shape index (κ1) is 13.2. The Morgan fingerprint density at radius 1 is 1.53 bits per heavy atom. The lowest BCUT2D eigenvalue weighted by atomic mass is 10.0. The van der Waals surface area contributed by atoms with Crippen LogP contribution in [0.4, 0.5) is 5.69 Å². The van der Waals surface area contributed by atoms with Crippen molar-refractivity contribution >= 4 is 5.69 Å². The molecule has 0 aliphatic rings. The maximum absolute atomic E-state index is 10.9. The zero-order chi connectivity index (χ0) is 12.8. The van der Waals surface area contributed by atoms with E-state index >= 15 is 0 Å². The van der Waals surface area contributed by atoms with Crippen LogP contribution in [0.2, 0.25) is 0 Å². The van der Waals surface area contributed by atoms with Crippen molar-refractivity contribution in [2.24, 2.45) is 0 Å². The predicted octanol–water partition coefficient (Wildman–Crippen LogP) is 2.66. The summed E-state index contributed by atoms with van der Waals surface area (Å²) in [5, 5.41) is 14.1. The molecule has 1 N–H and O–H groups in total. The Balaban J connectivity index is 2.93. The van der Waals surface area contributed by atoms with Gasteiger partial charge in [0.25, 0.3) is 5.69 Å². The van der Waals surface area contributed by atoms with Crippen LogP contribution in [-0.4, -0.2) is 11.0 Å². The van der Waals surface area contributed by atoms with E-state index in [-0.39, 0.29) is 22.7 Å². The van der Waals surface area contributed by atoms with Gasteiger partial charge in [0.15, 0.2) is 0 Å². The lowest BCUT2D eigenvalue weighted by Crippen LogP contribution is -2.29. The van der Waals surface area contributed by atoms with Crippen LogP contribution in [0.3, 0.4) is 0 Å². The highest BCUT2D eigenvalue weighted by Gasteiger charge is 2.19. The summed E-state index contributed by atoms with van der Waals surface area (Å²) in [5.41, 5.74) is 0.783. The minimum atomic E-state index is -0.371. The van der Waals surface area contributed by atoms with Gasteiger partial charge in [-0.2, -0.15) is 0 Å². The summed E-state index contributed by atoms with van der Waals surface area (Å²) in [5.74, 6) is 2.62. The molecular weight excluding hydrogens is 216 g/mol. The standard InChI is InChI=1S/C13H16N2O2/c1-4-11(5-2)14-10(3)12-8-6-7-9-13(12)15(16)17/h1,6-11,14H,5H2,2-3H3. The molecular formula is C13H16N2O2. The fourth-order valence-electron chi connectivity index (χ4n) is 1.70. The molecule has 0 heterocycles. The highest BCUT2D eigenvalue weighted by atomic mass is 16.6. The number of terminal acetylenes is 1. The highest BCUT2D eigenvalue weighted by molar-refractivity contribution is 5.41. The molecule has 0 aromatic heterocycles. The molecule has 1 rings (SSSR count). The number of hydrogen-bond donors (Lipinski definition) is 1. The third-order valence-electron chi connectivity index (χ3n) is 2.66. The molecule has 0 radical (unpaired) electrons. The van der Waals surface area contributed by atoms with Crippen molar-refractivity contribution in [2.45, 2.75) is 32.4 Å². The molecule has 0 spiro atoms. The lowest BCUT2D eigenvalue weighted by Gasteiger charge is -2.18. The molecule has 0 saturated carbocycles. The van der Waals surface area contributed by atoms with Gasteiger partial charge in [0, 0.05) is 17.7 Å². The minimum Gasteiger partial charge on any atom is -0.297 e. The first-order valence-corrected chi connectivity index (χ1v) is 5.55. The Morgan fingerprint density at radius 2 is 2.18 bits per heavy atom. The number of nitro benzene ring substituents is 1. The van der Waals surface area contributed by atoms with Gasteiger partial charge >= 0.3 is 0 Å². The highest BCUT2D eigenvalue weighted by Crippen LogP contribution is 2.24. The molecule has 90 valence electrons. The molecule has 2 unspecified atom stereocenters. The lowest BCUT2D eigenvalue weighted by molar-refractivity contribution is -0.385. The molecule has 0 aliphatic carbocycles. The molecule has 0 aliphatic heterocycles. The van der Waals surface area contributed by atoms with Gasteiger partial charge in [0.05, 0.1) is 11.0 Å². The second kappa shape index (κ2) is 6.02. The van der Waals surface area contributed by atoms with Crippen molar-refractivity contribution in [2.75, 3.05) is 0 Å². The van der Waals surface area contributed by atoms with Gasteiger partial charge in [-0.25, -0.2) is 0 Å². The number of nitrogens with one attached hydrogen (secondary N) is 1. The van der Waals surface area contributed by atoms with Crippen LogP contribution >= 0.6 is 0 Å². The van der Waals surface area contributed by atoms with E-state index in [1.807, 2.05) is 13.8 Å². The van der Waals surface area contributed by atoms with E-state index in [2.05, 4.69) is 11.2 Å². The number of para-hydroxylation sites is 1. The van der Waals surface area contributed by atoms with Crippen molar-refractivity contribution in [3.05, 3.63) is 39.9 Å². The Kier molecular flexibility index (Phi) is 4.68. The molecule has 4 nitrogen and oxygen atoms in total. The van der Waals surface area contributed by atoms with Gasteiger partial charge in [-0.05, 0) is 13.3 Å². The third-order valence-corrected chi connectivity index (χ3v) is 2.66. The van der Waals surface area contributed by atoms with Crippen molar-refractivity contribution in [1.82, 2.24) is 5.32 Å². The van der Waals surface area contributed by atoms with Gasteiger partial charge in [-0.15, -0.1) is 6.42 Å². The number of benzene rings is 1. The maximum Gasteiger partial charge on any atom is 0.274 e. The topological polar surface area (TPSA) is 55.2 Å². The number of nitrogens with zero attached hydrogens (tertiary/aromatic N) is 1. The normalized spacial score (nSPS) is 13.7. The van der Waals surface area contributed by atoms with Gasteiger partial charge < -0.3 is 0 Å².